The molecule has 0 amide bonds. The number of aliphatic carboxylic acids is 1. The number of hydrogen-bond donors (Lipinski definition) is 1. The molecular weight excluding hydrogens is 392 g/mol. The van der Waals surface area contributed by atoms with Crippen LogP contribution in [0.3, 0.4) is 0 Å². The number of aromatic nitrogens is 2. The van der Waals surface area contributed by atoms with Crippen molar-refractivity contribution in [1.29, 1.82) is 0 Å². The largest absolute Gasteiger partial charge is 0.493 e. The number of aryl methyl sites for hydroxylation is 1. The Labute approximate surface area is 169 Å². The van der Waals surface area contributed by atoms with Gasteiger partial charge in [-0.2, -0.15) is 0 Å². The number of fused-ring (bicyclic) bond motifs is 3. The van der Waals surface area contributed by atoms with E-state index >= 15 is 0 Å². The van der Waals surface area contributed by atoms with Crippen LogP contribution in [0.4, 0.5) is 0 Å². The highest BCUT2D eigenvalue weighted by atomic mass is 32.1. The topological polar surface area (TPSA) is 90.1 Å². The van der Waals surface area contributed by atoms with Gasteiger partial charge in [0.15, 0.2) is 22.6 Å². The average molecular weight is 410 g/mol. The number of carbonyl (C=O) groups is 1. The van der Waals surface area contributed by atoms with E-state index in [1.54, 1.807) is 28.7 Å². The van der Waals surface area contributed by atoms with E-state index < -0.39 is 12.1 Å². The molecule has 0 spiro atoms. The van der Waals surface area contributed by atoms with Crippen molar-refractivity contribution in [2.24, 2.45) is 0 Å². The van der Waals surface area contributed by atoms with Crippen LogP contribution in [0.1, 0.15) is 18.1 Å². The molecule has 0 fully saturated rings. The standard InChI is InChI=1S/C21H18N2O5S/c1-11-5-4-6-14-18(11)22-21-23(14)19(24)17(29-21)10-13-7-8-15(16(9-13)27-3)28-12(2)20(25)26/h4-10,12H,1-3H3,(H,25,26)/b17-10-. The number of carboxylic acids is 1. The first-order valence-corrected chi connectivity index (χ1v) is 9.70. The van der Waals surface area contributed by atoms with Gasteiger partial charge in [-0.1, -0.05) is 29.5 Å². The predicted octanol–water partition coefficient (Wildman–Crippen LogP) is 2.63. The molecule has 4 aromatic rings. The second-order valence-corrected chi connectivity index (χ2v) is 7.61. The third-order valence-corrected chi connectivity index (χ3v) is 5.58. The molecule has 0 radical (unpaired) electrons. The van der Waals surface area contributed by atoms with Crippen LogP contribution in [0.5, 0.6) is 11.5 Å². The quantitative estimate of drug-likeness (QED) is 0.544. The highest BCUT2D eigenvalue weighted by Gasteiger charge is 2.16. The minimum atomic E-state index is -1.07. The zero-order valence-corrected chi connectivity index (χ0v) is 16.8. The summed E-state index contributed by atoms with van der Waals surface area (Å²) in [5.74, 6) is -0.353. The molecule has 2 aromatic heterocycles. The highest BCUT2D eigenvalue weighted by Crippen LogP contribution is 2.29. The summed E-state index contributed by atoms with van der Waals surface area (Å²) in [4.78, 5) is 29.2. The number of imidazole rings is 1. The van der Waals surface area contributed by atoms with E-state index in [0.29, 0.717) is 21.0 Å². The molecule has 2 heterocycles. The van der Waals surface area contributed by atoms with Crippen LogP contribution in [0.15, 0.2) is 41.2 Å². The molecule has 7 nitrogen and oxygen atoms in total. The summed E-state index contributed by atoms with van der Waals surface area (Å²) in [5, 5.41) is 9.01. The molecule has 0 aliphatic rings. The number of ether oxygens (including phenoxy) is 2. The zero-order valence-electron chi connectivity index (χ0n) is 16.0. The maximum atomic E-state index is 12.9. The Hall–Kier alpha value is -3.39. The Morgan fingerprint density at radius 1 is 1.28 bits per heavy atom. The van der Waals surface area contributed by atoms with Crippen molar-refractivity contribution in [1.82, 2.24) is 9.38 Å². The van der Waals surface area contributed by atoms with Crippen LogP contribution in [0, 0.1) is 6.92 Å². The highest BCUT2D eigenvalue weighted by molar-refractivity contribution is 7.15. The Bertz CT molecular complexity index is 1360. The smallest absolute Gasteiger partial charge is 0.344 e. The number of nitrogens with zero attached hydrogens (tertiary/aromatic N) is 2. The van der Waals surface area contributed by atoms with Gasteiger partial charge in [0.1, 0.15) is 0 Å². The first kappa shape index (κ1) is 18.9. The van der Waals surface area contributed by atoms with Crippen molar-refractivity contribution in [2.45, 2.75) is 20.0 Å². The van der Waals surface area contributed by atoms with Crippen LogP contribution >= 0.6 is 11.3 Å². The van der Waals surface area contributed by atoms with Crippen molar-refractivity contribution in [3.05, 3.63) is 62.4 Å². The second kappa shape index (κ2) is 7.21. The Kier molecular flexibility index (Phi) is 4.71. The number of thiazole rings is 1. The lowest BCUT2D eigenvalue weighted by atomic mass is 10.2. The van der Waals surface area contributed by atoms with Crippen LogP contribution in [0.25, 0.3) is 22.1 Å². The first-order valence-electron chi connectivity index (χ1n) is 8.89. The summed E-state index contributed by atoms with van der Waals surface area (Å²) in [6.45, 7) is 3.41. The zero-order chi connectivity index (χ0) is 20.7. The predicted molar refractivity (Wildman–Crippen MR) is 111 cm³/mol. The molecule has 2 aromatic carbocycles. The van der Waals surface area contributed by atoms with Crippen LogP contribution < -0.4 is 19.6 Å². The lowest BCUT2D eigenvalue weighted by Gasteiger charge is -2.14. The van der Waals surface area contributed by atoms with Crippen molar-refractivity contribution in [3.8, 4) is 11.5 Å². The van der Waals surface area contributed by atoms with Crippen LogP contribution in [-0.2, 0) is 4.79 Å². The summed E-state index contributed by atoms with van der Waals surface area (Å²) in [7, 11) is 1.48. The van der Waals surface area contributed by atoms with E-state index in [0.717, 1.165) is 22.2 Å². The summed E-state index contributed by atoms with van der Waals surface area (Å²) in [6.07, 6.45) is 0.754. The number of rotatable bonds is 5. The minimum absolute atomic E-state index is 0.128. The van der Waals surface area contributed by atoms with Crippen molar-refractivity contribution in [3.63, 3.8) is 0 Å². The molecule has 8 heteroatoms. The Morgan fingerprint density at radius 2 is 2.07 bits per heavy atom. The summed E-state index contributed by atoms with van der Waals surface area (Å²) in [5.41, 5.74) is 3.26. The summed E-state index contributed by atoms with van der Waals surface area (Å²) >= 11 is 1.32. The molecule has 0 aliphatic carbocycles. The lowest BCUT2D eigenvalue weighted by Crippen LogP contribution is -2.23. The van der Waals surface area contributed by atoms with E-state index in [9.17, 15) is 9.59 Å². The molecule has 0 saturated carbocycles. The molecule has 29 heavy (non-hydrogen) atoms. The molecule has 148 valence electrons. The molecule has 1 atom stereocenters. The summed E-state index contributed by atoms with van der Waals surface area (Å²) < 4.78 is 12.9. The molecule has 1 unspecified atom stereocenters. The average Bonchev–Trinajstić information content (AvgIpc) is 3.20. The van der Waals surface area contributed by atoms with Gasteiger partial charge in [-0.3, -0.25) is 4.79 Å². The lowest BCUT2D eigenvalue weighted by molar-refractivity contribution is -0.144. The maximum absolute atomic E-state index is 12.9. The van der Waals surface area contributed by atoms with Crippen molar-refractivity contribution in [2.75, 3.05) is 7.11 Å². The molecular formula is C21H18N2O5S. The third kappa shape index (κ3) is 3.31. The SMILES string of the molecule is COc1cc(/C=c2\sc3nc4c(C)cccc4n3c2=O)ccc1OC(C)C(=O)O. The van der Waals surface area contributed by atoms with E-state index in [-0.39, 0.29) is 5.56 Å². The van der Waals surface area contributed by atoms with Crippen LogP contribution in [0.2, 0.25) is 0 Å². The van der Waals surface area contributed by atoms with Crippen molar-refractivity contribution >= 4 is 39.4 Å². The summed E-state index contributed by atoms with van der Waals surface area (Å²) in [6, 6.07) is 10.8. The maximum Gasteiger partial charge on any atom is 0.344 e. The monoisotopic (exact) mass is 410 g/mol. The number of carboxylic acid groups (broad SMARTS) is 1. The van der Waals surface area contributed by atoms with Gasteiger partial charge < -0.3 is 14.6 Å². The van der Waals surface area contributed by atoms with Gasteiger partial charge in [-0.15, -0.1) is 0 Å². The molecule has 1 N–H and O–H groups in total. The van der Waals surface area contributed by atoms with E-state index in [1.165, 1.54) is 25.4 Å². The van der Waals surface area contributed by atoms with E-state index in [2.05, 4.69) is 4.98 Å². The van der Waals surface area contributed by atoms with Gasteiger partial charge in [0.25, 0.3) is 5.56 Å². The van der Waals surface area contributed by atoms with E-state index in [1.807, 2.05) is 25.1 Å². The van der Waals surface area contributed by atoms with E-state index in [4.69, 9.17) is 14.6 Å². The molecule has 4 rings (SSSR count). The van der Waals surface area contributed by atoms with Gasteiger partial charge >= 0.3 is 5.97 Å². The normalized spacial score (nSPS) is 13.1. The third-order valence-electron chi connectivity index (χ3n) is 4.61. The van der Waals surface area contributed by atoms with Gasteiger partial charge in [-0.05, 0) is 49.2 Å². The van der Waals surface area contributed by atoms with Gasteiger partial charge in [0.05, 0.1) is 22.7 Å². The Balaban J connectivity index is 1.79. The van der Waals surface area contributed by atoms with Crippen molar-refractivity contribution < 1.29 is 19.4 Å². The fourth-order valence-corrected chi connectivity index (χ4v) is 4.07. The van der Waals surface area contributed by atoms with Crippen LogP contribution in [-0.4, -0.2) is 33.7 Å². The van der Waals surface area contributed by atoms with Gasteiger partial charge in [0.2, 0.25) is 0 Å². The number of benzene rings is 2. The second-order valence-electron chi connectivity index (χ2n) is 6.60. The molecule has 0 aliphatic heterocycles. The number of methoxy groups -OCH3 is 1. The fraction of sp³-hybridized carbons (Fsp3) is 0.190. The number of para-hydroxylation sites is 1. The minimum Gasteiger partial charge on any atom is -0.493 e. The number of hydrogen-bond acceptors (Lipinski definition) is 6. The van der Waals surface area contributed by atoms with Gasteiger partial charge in [-0.25, -0.2) is 14.2 Å². The fourth-order valence-electron chi connectivity index (χ4n) is 3.09. The molecule has 0 saturated heterocycles. The van der Waals surface area contributed by atoms with Gasteiger partial charge in [0, 0.05) is 0 Å². The molecule has 0 bridgehead atoms. The first-order chi connectivity index (χ1) is 13.9. The Morgan fingerprint density at radius 3 is 2.79 bits per heavy atom.